The lowest BCUT2D eigenvalue weighted by Gasteiger charge is -2.22. The van der Waals surface area contributed by atoms with Crippen LogP contribution in [0.1, 0.15) is 55.6 Å². The van der Waals surface area contributed by atoms with Crippen LogP contribution in [0.5, 0.6) is 11.5 Å². The van der Waals surface area contributed by atoms with E-state index in [-0.39, 0.29) is 0 Å². The van der Waals surface area contributed by atoms with E-state index >= 15 is 0 Å². The smallest absolute Gasteiger partial charge is 0.125 e. The van der Waals surface area contributed by atoms with Gasteiger partial charge in [0.2, 0.25) is 0 Å². The molecule has 0 fully saturated rings. The molecule has 4 rings (SSSR count). The van der Waals surface area contributed by atoms with Gasteiger partial charge in [0, 0.05) is 0 Å². The van der Waals surface area contributed by atoms with E-state index in [0.717, 1.165) is 44.9 Å². The maximum absolute atomic E-state index is 6.38. The summed E-state index contributed by atoms with van der Waals surface area (Å²) in [4.78, 5) is 0. The van der Waals surface area contributed by atoms with E-state index in [2.05, 4.69) is 91.1 Å². The number of hydrogen-bond acceptors (Lipinski definition) is 2. The van der Waals surface area contributed by atoms with Crippen LogP contribution >= 0.6 is 0 Å². The van der Waals surface area contributed by atoms with Crippen LogP contribution in [0.2, 0.25) is 0 Å². The molecule has 0 spiro atoms. The minimum Gasteiger partial charge on any atom is -0.488 e. The monoisotopic (exact) mass is 502 g/mol. The van der Waals surface area contributed by atoms with Gasteiger partial charge in [-0.15, -0.1) is 0 Å². The predicted molar refractivity (Wildman–Crippen MR) is 162 cm³/mol. The molecule has 0 saturated carbocycles. The van der Waals surface area contributed by atoms with Crippen LogP contribution in [0.3, 0.4) is 0 Å². The standard InChI is InChI=1S/C36H38O2/c1-9-29-15-11-13-17-31(29)21-37-35-23(3)19-33(25(5)27(35)7)34-20-24(4)36(28(8)26(34)6)38-22-32-18-14-12-16-30(32)10-2/h9-20H,1-2,21-22H2,3-8H3. The van der Waals surface area contributed by atoms with Crippen molar-refractivity contribution in [1.82, 2.24) is 0 Å². The molecule has 0 aliphatic carbocycles. The van der Waals surface area contributed by atoms with E-state index in [1.807, 2.05) is 36.4 Å². The molecule has 2 nitrogen and oxygen atoms in total. The highest BCUT2D eigenvalue weighted by atomic mass is 16.5. The van der Waals surface area contributed by atoms with Crippen LogP contribution in [-0.4, -0.2) is 0 Å². The Morgan fingerprint density at radius 2 is 0.921 bits per heavy atom. The Morgan fingerprint density at radius 1 is 0.553 bits per heavy atom. The largest absolute Gasteiger partial charge is 0.488 e. The van der Waals surface area contributed by atoms with Crippen molar-refractivity contribution in [2.45, 2.75) is 54.8 Å². The lowest BCUT2D eigenvalue weighted by Crippen LogP contribution is -2.05. The average molecular weight is 503 g/mol. The summed E-state index contributed by atoms with van der Waals surface area (Å²) in [5.41, 5.74) is 14.0. The molecule has 0 atom stereocenters. The van der Waals surface area contributed by atoms with Crippen LogP contribution in [0, 0.1) is 41.5 Å². The Kier molecular flexibility index (Phi) is 8.22. The van der Waals surface area contributed by atoms with Gasteiger partial charge in [0.05, 0.1) is 0 Å². The highest BCUT2D eigenvalue weighted by Gasteiger charge is 2.18. The third kappa shape index (κ3) is 5.31. The summed E-state index contributed by atoms with van der Waals surface area (Å²) in [6, 6.07) is 21.0. The highest BCUT2D eigenvalue weighted by Crippen LogP contribution is 2.40. The molecule has 0 aliphatic heterocycles. The molecular formula is C36H38O2. The Bertz CT molecular complexity index is 1390. The third-order valence-electron chi connectivity index (χ3n) is 7.64. The molecule has 0 heterocycles. The fourth-order valence-electron chi connectivity index (χ4n) is 5.15. The number of rotatable bonds is 9. The van der Waals surface area contributed by atoms with Gasteiger partial charge in [-0.05, 0) is 120 Å². The minimum atomic E-state index is 0.515. The van der Waals surface area contributed by atoms with Crippen molar-refractivity contribution in [3.8, 4) is 22.6 Å². The average Bonchev–Trinajstić information content (AvgIpc) is 2.93. The second kappa shape index (κ2) is 11.6. The molecule has 0 N–H and O–H groups in total. The molecule has 0 amide bonds. The summed E-state index contributed by atoms with van der Waals surface area (Å²) >= 11 is 0. The second-order valence-corrected chi connectivity index (χ2v) is 10.0. The fraction of sp³-hybridized carbons (Fsp3) is 0.222. The Labute approximate surface area is 228 Å². The van der Waals surface area contributed by atoms with Gasteiger partial charge in [-0.3, -0.25) is 0 Å². The molecule has 0 aromatic heterocycles. The molecule has 2 heteroatoms. The van der Waals surface area contributed by atoms with Crippen molar-refractivity contribution in [2.75, 3.05) is 0 Å². The van der Waals surface area contributed by atoms with Gasteiger partial charge < -0.3 is 9.47 Å². The SMILES string of the molecule is C=Cc1ccccc1COc1c(C)cc(-c2cc(C)c(OCc3ccccc3C=C)c(C)c2C)c(C)c1C. The van der Waals surface area contributed by atoms with Gasteiger partial charge >= 0.3 is 0 Å². The number of ether oxygens (including phenoxy) is 2. The van der Waals surface area contributed by atoms with Crippen molar-refractivity contribution in [3.63, 3.8) is 0 Å². The molecule has 0 unspecified atom stereocenters. The summed E-state index contributed by atoms with van der Waals surface area (Å²) in [6.45, 7) is 21.9. The first-order valence-electron chi connectivity index (χ1n) is 13.1. The second-order valence-electron chi connectivity index (χ2n) is 10.0. The minimum absolute atomic E-state index is 0.515. The highest BCUT2D eigenvalue weighted by molar-refractivity contribution is 5.77. The van der Waals surface area contributed by atoms with E-state index in [9.17, 15) is 0 Å². The van der Waals surface area contributed by atoms with Gasteiger partial charge in [0.25, 0.3) is 0 Å². The van der Waals surface area contributed by atoms with E-state index < -0.39 is 0 Å². The van der Waals surface area contributed by atoms with Gasteiger partial charge in [-0.25, -0.2) is 0 Å². The molecule has 38 heavy (non-hydrogen) atoms. The molecule has 0 aliphatic rings. The van der Waals surface area contributed by atoms with Crippen molar-refractivity contribution in [3.05, 3.63) is 129 Å². The Morgan fingerprint density at radius 3 is 1.29 bits per heavy atom. The Balaban J connectivity index is 1.65. The number of aryl methyl sites for hydroxylation is 2. The van der Waals surface area contributed by atoms with Crippen LogP contribution in [0.4, 0.5) is 0 Å². The lowest BCUT2D eigenvalue weighted by molar-refractivity contribution is 0.301. The van der Waals surface area contributed by atoms with Gasteiger partial charge in [0.1, 0.15) is 24.7 Å². The van der Waals surface area contributed by atoms with Crippen molar-refractivity contribution >= 4 is 12.2 Å². The summed E-state index contributed by atoms with van der Waals surface area (Å²) in [6.07, 6.45) is 3.76. The first-order valence-corrected chi connectivity index (χ1v) is 13.1. The van der Waals surface area contributed by atoms with E-state index in [0.29, 0.717) is 13.2 Å². The third-order valence-corrected chi connectivity index (χ3v) is 7.64. The molecule has 4 aromatic rings. The summed E-state index contributed by atoms with van der Waals surface area (Å²) in [7, 11) is 0. The molecule has 4 aromatic carbocycles. The van der Waals surface area contributed by atoms with Crippen molar-refractivity contribution < 1.29 is 9.47 Å². The van der Waals surface area contributed by atoms with Gasteiger partial charge in [0.15, 0.2) is 0 Å². The number of benzene rings is 4. The van der Waals surface area contributed by atoms with Crippen molar-refractivity contribution in [1.29, 1.82) is 0 Å². The number of hydrogen-bond donors (Lipinski definition) is 0. The molecule has 0 saturated heterocycles. The van der Waals surface area contributed by atoms with Crippen molar-refractivity contribution in [2.24, 2.45) is 0 Å². The van der Waals surface area contributed by atoms with E-state index in [4.69, 9.17) is 9.47 Å². The van der Waals surface area contributed by atoms with Crippen LogP contribution in [-0.2, 0) is 13.2 Å². The lowest BCUT2D eigenvalue weighted by atomic mass is 9.88. The molecule has 0 radical (unpaired) electrons. The van der Waals surface area contributed by atoms with Crippen LogP contribution in [0.15, 0.2) is 73.8 Å². The van der Waals surface area contributed by atoms with Crippen LogP contribution < -0.4 is 9.47 Å². The normalized spacial score (nSPS) is 10.8. The maximum Gasteiger partial charge on any atom is 0.125 e. The quantitative estimate of drug-likeness (QED) is 0.227. The van der Waals surface area contributed by atoms with E-state index in [1.165, 1.54) is 33.4 Å². The predicted octanol–water partition coefficient (Wildman–Crippen LogP) is 9.65. The summed E-state index contributed by atoms with van der Waals surface area (Å²) in [5, 5.41) is 0. The molecular weight excluding hydrogens is 464 g/mol. The fourth-order valence-corrected chi connectivity index (χ4v) is 5.15. The van der Waals surface area contributed by atoms with Gasteiger partial charge in [-0.1, -0.05) is 73.8 Å². The first kappa shape index (κ1) is 27.0. The zero-order chi connectivity index (χ0) is 27.4. The maximum atomic E-state index is 6.38. The topological polar surface area (TPSA) is 18.5 Å². The first-order chi connectivity index (χ1) is 18.3. The zero-order valence-corrected chi connectivity index (χ0v) is 23.6. The molecule has 194 valence electrons. The van der Waals surface area contributed by atoms with Crippen LogP contribution in [0.25, 0.3) is 23.3 Å². The zero-order valence-electron chi connectivity index (χ0n) is 23.6. The van der Waals surface area contributed by atoms with E-state index in [1.54, 1.807) is 0 Å². The molecule has 0 bridgehead atoms. The summed E-state index contributed by atoms with van der Waals surface area (Å²) in [5.74, 6) is 1.91. The summed E-state index contributed by atoms with van der Waals surface area (Å²) < 4.78 is 12.8. The Hall–Kier alpha value is -4.04. The van der Waals surface area contributed by atoms with Gasteiger partial charge in [-0.2, -0.15) is 0 Å².